The Morgan fingerprint density at radius 3 is 2.62 bits per heavy atom. The number of thiophene rings is 1. The summed E-state index contributed by atoms with van der Waals surface area (Å²) in [5, 5.41) is 6.16. The van der Waals surface area contributed by atoms with E-state index in [1.165, 1.54) is 42.5 Å². The normalized spacial score (nSPS) is 23.9. The van der Waals surface area contributed by atoms with Crippen molar-refractivity contribution in [3.05, 3.63) is 58.3 Å². The quantitative estimate of drug-likeness (QED) is 0.767. The Morgan fingerprint density at radius 2 is 1.90 bits per heavy atom. The summed E-state index contributed by atoms with van der Waals surface area (Å²) < 4.78 is 0. The number of hydrogen-bond donors (Lipinski definition) is 1. The highest BCUT2D eigenvalue weighted by Crippen LogP contribution is 2.35. The first-order valence-corrected chi connectivity index (χ1v) is 9.11. The summed E-state index contributed by atoms with van der Waals surface area (Å²) in [6.45, 7) is 2.29. The molecule has 1 aliphatic rings. The molecule has 2 heteroatoms. The van der Waals surface area contributed by atoms with E-state index in [-0.39, 0.29) is 0 Å². The molecule has 0 saturated heterocycles. The molecular formula is C19H25NS. The first-order valence-electron chi connectivity index (χ1n) is 8.23. The minimum absolute atomic E-state index is 0.513. The van der Waals surface area contributed by atoms with Crippen LogP contribution in [0.1, 0.15) is 61.4 Å². The summed E-state index contributed by atoms with van der Waals surface area (Å²) >= 11 is 1.88. The SMILES string of the molecule is CCC(NC1CCCCC1c1ccccc1)c1cccs1. The second-order valence-corrected chi connectivity index (χ2v) is 7.03. The molecule has 1 aromatic heterocycles. The Labute approximate surface area is 132 Å². The largest absolute Gasteiger partial charge is 0.306 e. The van der Waals surface area contributed by atoms with Crippen LogP contribution in [0.5, 0.6) is 0 Å². The van der Waals surface area contributed by atoms with Crippen molar-refractivity contribution in [2.24, 2.45) is 0 Å². The highest BCUT2D eigenvalue weighted by molar-refractivity contribution is 7.10. The molecule has 1 aliphatic carbocycles. The first kappa shape index (κ1) is 14.8. The van der Waals surface area contributed by atoms with Gasteiger partial charge in [0.05, 0.1) is 0 Å². The predicted molar refractivity (Wildman–Crippen MR) is 91.9 cm³/mol. The van der Waals surface area contributed by atoms with E-state index in [1.807, 2.05) is 11.3 Å². The molecule has 1 nitrogen and oxygen atoms in total. The lowest BCUT2D eigenvalue weighted by atomic mass is 9.79. The Kier molecular flexibility index (Phi) is 5.10. The third-order valence-corrected chi connectivity index (χ3v) is 5.69. The van der Waals surface area contributed by atoms with Crippen molar-refractivity contribution < 1.29 is 0 Å². The van der Waals surface area contributed by atoms with Crippen LogP contribution in [0.2, 0.25) is 0 Å². The van der Waals surface area contributed by atoms with Gasteiger partial charge in [0.25, 0.3) is 0 Å². The molecule has 0 amide bonds. The van der Waals surface area contributed by atoms with Crippen LogP contribution in [-0.4, -0.2) is 6.04 Å². The lowest BCUT2D eigenvalue weighted by Gasteiger charge is -2.35. The fourth-order valence-electron chi connectivity index (χ4n) is 3.58. The fourth-order valence-corrected chi connectivity index (χ4v) is 4.45. The standard InChI is InChI=1S/C19H25NS/c1-2-17(19-13-8-14-21-19)20-18-12-7-6-11-16(18)15-9-4-3-5-10-15/h3-5,8-10,13-14,16-18,20H,2,6-7,11-12H2,1H3. The summed E-state index contributed by atoms with van der Waals surface area (Å²) in [6, 6.07) is 16.6. The second-order valence-electron chi connectivity index (χ2n) is 6.05. The van der Waals surface area contributed by atoms with E-state index in [0.29, 0.717) is 18.0 Å². The van der Waals surface area contributed by atoms with Crippen LogP contribution >= 0.6 is 11.3 Å². The number of nitrogens with one attached hydrogen (secondary N) is 1. The molecule has 3 atom stereocenters. The van der Waals surface area contributed by atoms with Crippen molar-refractivity contribution >= 4 is 11.3 Å². The van der Waals surface area contributed by atoms with Gasteiger partial charge in [-0.3, -0.25) is 0 Å². The van der Waals surface area contributed by atoms with Crippen LogP contribution < -0.4 is 5.32 Å². The van der Waals surface area contributed by atoms with Crippen LogP contribution in [0.4, 0.5) is 0 Å². The number of rotatable bonds is 5. The third-order valence-electron chi connectivity index (χ3n) is 4.70. The molecule has 1 saturated carbocycles. The Hall–Kier alpha value is -1.12. The van der Waals surface area contributed by atoms with Gasteiger partial charge < -0.3 is 5.32 Å². The molecular weight excluding hydrogens is 274 g/mol. The van der Waals surface area contributed by atoms with Gasteiger partial charge in [0.15, 0.2) is 0 Å². The lowest BCUT2D eigenvalue weighted by Crippen LogP contribution is -2.39. The molecule has 21 heavy (non-hydrogen) atoms. The molecule has 3 rings (SSSR count). The van der Waals surface area contributed by atoms with Gasteiger partial charge in [-0.2, -0.15) is 0 Å². The molecule has 0 aliphatic heterocycles. The van der Waals surface area contributed by atoms with Gasteiger partial charge >= 0.3 is 0 Å². The summed E-state index contributed by atoms with van der Waals surface area (Å²) in [4.78, 5) is 1.48. The van der Waals surface area contributed by atoms with Gasteiger partial charge in [-0.15, -0.1) is 11.3 Å². The average Bonchev–Trinajstić information content (AvgIpc) is 3.08. The Bertz CT molecular complexity index is 520. The lowest BCUT2D eigenvalue weighted by molar-refractivity contribution is 0.298. The molecule has 1 fully saturated rings. The Balaban J connectivity index is 1.75. The summed E-state index contributed by atoms with van der Waals surface area (Å²) in [7, 11) is 0. The number of hydrogen-bond acceptors (Lipinski definition) is 2. The first-order chi connectivity index (χ1) is 10.4. The molecule has 3 unspecified atom stereocenters. The minimum Gasteiger partial charge on any atom is -0.306 e. The van der Waals surface area contributed by atoms with Gasteiger partial charge in [-0.1, -0.05) is 56.2 Å². The number of benzene rings is 1. The maximum Gasteiger partial charge on any atom is 0.0414 e. The van der Waals surface area contributed by atoms with Gasteiger partial charge in [0.1, 0.15) is 0 Å². The fraction of sp³-hybridized carbons (Fsp3) is 0.474. The van der Waals surface area contributed by atoms with Crippen LogP contribution in [0.3, 0.4) is 0 Å². The average molecular weight is 299 g/mol. The van der Waals surface area contributed by atoms with Crippen LogP contribution in [0, 0.1) is 0 Å². The minimum atomic E-state index is 0.513. The maximum absolute atomic E-state index is 3.97. The molecule has 1 heterocycles. The topological polar surface area (TPSA) is 12.0 Å². The molecule has 1 aromatic carbocycles. The molecule has 0 spiro atoms. The van der Waals surface area contributed by atoms with Crippen molar-refractivity contribution in [1.82, 2.24) is 5.32 Å². The highest BCUT2D eigenvalue weighted by atomic mass is 32.1. The van der Waals surface area contributed by atoms with Crippen LogP contribution in [0.25, 0.3) is 0 Å². The monoisotopic (exact) mass is 299 g/mol. The van der Waals surface area contributed by atoms with Crippen molar-refractivity contribution in [3.63, 3.8) is 0 Å². The van der Waals surface area contributed by atoms with Gasteiger partial charge in [0, 0.05) is 17.0 Å². The van der Waals surface area contributed by atoms with Gasteiger partial charge in [-0.25, -0.2) is 0 Å². The van der Waals surface area contributed by atoms with E-state index >= 15 is 0 Å². The van der Waals surface area contributed by atoms with Crippen molar-refractivity contribution in [1.29, 1.82) is 0 Å². The third kappa shape index (κ3) is 3.56. The molecule has 112 valence electrons. The second kappa shape index (κ2) is 7.24. The van der Waals surface area contributed by atoms with E-state index in [4.69, 9.17) is 0 Å². The van der Waals surface area contributed by atoms with Crippen LogP contribution in [-0.2, 0) is 0 Å². The zero-order chi connectivity index (χ0) is 14.5. The zero-order valence-corrected chi connectivity index (χ0v) is 13.6. The molecule has 2 aromatic rings. The smallest absolute Gasteiger partial charge is 0.0414 e. The van der Waals surface area contributed by atoms with Gasteiger partial charge in [0.2, 0.25) is 0 Å². The summed E-state index contributed by atoms with van der Waals surface area (Å²) in [5.41, 5.74) is 1.51. The summed E-state index contributed by atoms with van der Waals surface area (Å²) in [6.07, 6.45) is 6.53. The Morgan fingerprint density at radius 1 is 1.10 bits per heavy atom. The molecule has 0 radical (unpaired) electrons. The van der Waals surface area contributed by atoms with E-state index < -0.39 is 0 Å². The van der Waals surface area contributed by atoms with Crippen molar-refractivity contribution in [2.75, 3.05) is 0 Å². The predicted octanol–water partition coefficient (Wildman–Crippen LogP) is 5.52. The molecule has 1 N–H and O–H groups in total. The van der Waals surface area contributed by atoms with E-state index in [2.05, 4.69) is 60.1 Å². The van der Waals surface area contributed by atoms with Crippen LogP contribution in [0.15, 0.2) is 47.8 Å². The molecule has 0 bridgehead atoms. The zero-order valence-electron chi connectivity index (χ0n) is 12.8. The van der Waals surface area contributed by atoms with Gasteiger partial charge in [-0.05, 0) is 42.2 Å². The maximum atomic E-state index is 3.97. The van der Waals surface area contributed by atoms with Crippen molar-refractivity contribution in [3.8, 4) is 0 Å². The van der Waals surface area contributed by atoms with E-state index in [9.17, 15) is 0 Å². The summed E-state index contributed by atoms with van der Waals surface area (Å²) in [5.74, 6) is 0.675. The van der Waals surface area contributed by atoms with Crippen molar-refractivity contribution in [2.45, 2.75) is 57.0 Å². The van der Waals surface area contributed by atoms with E-state index in [0.717, 1.165) is 0 Å². The highest BCUT2D eigenvalue weighted by Gasteiger charge is 2.28. The van der Waals surface area contributed by atoms with E-state index in [1.54, 1.807) is 0 Å².